The molecule has 0 saturated carbocycles. The molecule has 2 aromatic rings. The van der Waals surface area contributed by atoms with Gasteiger partial charge in [0, 0.05) is 26.2 Å². The van der Waals surface area contributed by atoms with Crippen molar-refractivity contribution in [3.05, 3.63) is 71.3 Å². The lowest BCUT2D eigenvalue weighted by Gasteiger charge is -2.21. The number of benzene rings is 2. The topological polar surface area (TPSA) is 58.4 Å². The van der Waals surface area contributed by atoms with Gasteiger partial charge in [-0.25, -0.2) is 0 Å². The van der Waals surface area contributed by atoms with Crippen molar-refractivity contribution in [2.24, 2.45) is 5.73 Å². The Hall–Kier alpha value is -1.88. The van der Waals surface area contributed by atoms with Crippen LogP contribution >= 0.6 is 12.4 Å². The van der Waals surface area contributed by atoms with Crippen molar-refractivity contribution in [1.82, 2.24) is 10.2 Å². The van der Waals surface area contributed by atoms with Crippen LogP contribution in [0.5, 0.6) is 0 Å². The number of aryl methyl sites for hydroxylation is 1. The molecule has 0 unspecified atom stereocenters. The molecule has 0 aliphatic carbocycles. The number of nitrogens with zero attached hydrogens (tertiary/aromatic N) is 1. The zero-order valence-corrected chi connectivity index (χ0v) is 14.9. The van der Waals surface area contributed by atoms with Gasteiger partial charge in [0.05, 0.1) is 6.54 Å². The van der Waals surface area contributed by atoms with E-state index in [9.17, 15) is 4.79 Å². The van der Waals surface area contributed by atoms with Crippen molar-refractivity contribution in [1.29, 1.82) is 0 Å². The number of carbonyl (C=O) groups excluding carboxylic acids is 1. The highest BCUT2D eigenvalue weighted by Gasteiger charge is 2.10. The Morgan fingerprint density at radius 3 is 2.33 bits per heavy atom. The van der Waals surface area contributed by atoms with E-state index < -0.39 is 0 Å². The van der Waals surface area contributed by atoms with Crippen LogP contribution in [0.25, 0.3) is 0 Å². The van der Waals surface area contributed by atoms with E-state index in [0.717, 1.165) is 12.1 Å². The molecular formula is C19H26ClN3O. The van der Waals surface area contributed by atoms with Gasteiger partial charge in [0.1, 0.15) is 0 Å². The van der Waals surface area contributed by atoms with Gasteiger partial charge in [-0.2, -0.15) is 0 Å². The largest absolute Gasteiger partial charge is 0.351 e. The van der Waals surface area contributed by atoms with Crippen LogP contribution in [-0.4, -0.2) is 30.4 Å². The van der Waals surface area contributed by atoms with Crippen molar-refractivity contribution in [2.75, 3.05) is 19.6 Å². The van der Waals surface area contributed by atoms with E-state index >= 15 is 0 Å². The van der Waals surface area contributed by atoms with Crippen molar-refractivity contribution in [3.8, 4) is 0 Å². The van der Waals surface area contributed by atoms with Crippen LogP contribution in [0.4, 0.5) is 0 Å². The summed E-state index contributed by atoms with van der Waals surface area (Å²) in [5.74, 6) is 0.0231. The van der Waals surface area contributed by atoms with Crippen molar-refractivity contribution in [2.45, 2.75) is 20.0 Å². The number of rotatable bonds is 8. The van der Waals surface area contributed by atoms with Crippen molar-refractivity contribution in [3.63, 3.8) is 0 Å². The number of hydrogen-bond acceptors (Lipinski definition) is 3. The van der Waals surface area contributed by atoms with Crippen LogP contribution in [0.2, 0.25) is 0 Å². The molecule has 5 heteroatoms. The monoisotopic (exact) mass is 347 g/mol. The van der Waals surface area contributed by atoms with E-state index in [1.165, 1.54) is 11.1 Å². The van der Waals surface area contributed by atoms with Gasteiger partial charge in [-0.1, -0.05) is 60.2 Å². The molecule has 0 saturated heterocycles. The predicted octanol–water partition coefficient (Wildman–Crippen LogP) is 2.49. The van der Waals surface area contributed by atoms with Gasteiger partial charge in [0.2, 0.25) is 5.91 Å². The van der Waals surface area contributed by atoms with E-state index in [4.69, 9.17) is 5.73 Å². The fourth-order valence-electron chi connectivity index (χ4n) is 2.40. The van der Waals surface area contributed by atoms with Gasteiger partial charge >= 0.3 is 0 Å². The number of halogens is 1. The Balaban J connectivity index is 0.00000288. The third kappa shape index (κ3) is 7.13. The maximum absolute atomic E-state index is 12.2. The molecule has 0 atom stereocenters. The Morgan fingerprint density at radius 2 is 1.71 bits per heavy atom. The summed E-state index contributed by atoms with van der Waals surface area (Å²) in [4.78, 5) is 14.2. The number of nitrogens with two attached hydrogens (primary N) is 1. The lowest BCUT2D eigenvalue weighted by molar-refractivity contribution is -0.122. The zero-order valence-electron chi connectivity index (χ0n) is 14.1. The first-order chi connectivity index (χ1) is 11.2. The molecule has 0 spiro atoms. The van der Waals surface area contributed by atoms with E-state index in [1.807, 2.05) is 30.3 Å². The van der Waals surface area contributed by atoms with Crippen LogP contribution in [0.15, 0.2) is 54.6 Å². The molecule has 2 rings (SSSR count). The second-order valence-corrected chi connectivity index (χ2v) is 5.75. The molecule has 0 aliphatic rings. The Kier molecular flexibility index (Phi) is 9.08. The molecule has 3 N–H and O–H groups in total. The second-order valence-electron chi connectivity index (χ2n) is 5.75. The lowest BCUT2D eigenvalue weighted by atomic mass is 10.1. The summed E-state index contributed by atoms with van der Waals surface area (Å²) in [5.41, 5.74) is 9.18. The summed E-state index contributed by atoms with van der Waals surface area (Å²) in [7, 11) is 0. The summed E-state index contributed by atoms with van der Waals surface area (Å²) >= 11 is 0. The Labute approximate surface area is 150 Å². The SMILES string of the molecule is Cc1ccc(CNC(=O)CN(CCN)Cc2ccccc2)cc1.Cl. The third-order valence-electron chi connectivity index (χ3n) is 3.67. The van der Waals surface area contributed by atoms with Crippen LogP contribution in [0.1, 0.15) is 16.7 Å². The van der Waals surface area contributed by atoms with Gasteiger partial charge < -0.3 is 11.1 Å². The third-order valence-corrected chi connectivity index (χ3v) is 3.67. The summed E-state index contributed by atoms with van der Waals surface area (Å²) in [5, 5.41) is 2.97. The highest BCUT2D eigenvalue weighted by Crippen LogP contribution is 2.05. The van der Waals surface area contributed by atoms with Crippen LogP contribution in [-0.2, 0) is 17.9 Å². The summed E-state index contributed by atoms with van der Waals surface area (Å²) < 4.78 is 0. The molecular weight excluding hydrogens is 322 g/mol. The molecule has 130 valence electrons. The molecule has 0 bridgehead atoms. The van der Waals surface area contributed by atoms with Crippen LogP contribution in [0, 0.1) is 6.92 Å². The highest BCUT2D eigenvalue weighted by molar-refractivity contribution is 5.85. The molecule has 0 aliphatic heterocycles. The molecule has 0 radical (unpaired) electrons. The lowest BCUT2D eigenvalue weighted by Crippen LogP contribution is -2.39. The molecule has 0 heterocycles. The fraction of sp³-hybridized carbons (Fsp3) is 0.316. The summed E-state index contributed by atoms with van der Waals surface area (Å²) in [6.45, 7) is 4.94. The first kappa shape index (κ1) is 20.2. The number of amides is 1. The first-order valence-corrected chi connectivity index (χ1v) is 7.96. The van der Waals surface area contributed by atoms with E-state index in [0.29, 0.717) is 26.2 Å². The van der Waals surface area contributed by atoms with E-state index in [2.05, 4.69) is 41.4 Å². The van der Waals surface area contributed by atoms with Crippen LogP contribution in [0.3, 0.4) is 0 Å². The number of carbonyl (C=O) groups is 1. The minimum Gasteiger partial charge on any atom is -0.351 e. The van der Waals surface area contributed by atoms with Gasteiger partial charge in [0.15, 0.2) is 0 Å². The minimum absolute atomic E-state index is 0. The van der Waals surface area contributed by atoms with Gasteiger partial charge in [-0.05, 0) is 18.1 Å². The van der Waals surface area contributed by atoms with E-state index in [-0.39, 0.29) is 18.3 Å². The van der Waals surface area contributed by atoms with E-state index in [1.54, 1.807) is 0 Å². The van der Waals surface area contributed by atoms with Gasteiger partial charge in [-0.3, -0.25) is 9.69 Å². The quantitative estimate of drug-likeness (QED) is 0.771. The predicted molar refractivity (Wildman–Crippen MR) is 101 cm³/mol. The first-order valence-electron chi connectivity index (χ1n) is 7.96. The normalized spacial score (nSPS) is 10.3. The second kappa shape index (κ2) is 10.8. The van der Waals surface area contributed by atoms with Crippen molar-refractivity contribution < 1.29 is 4.79 Å². The number of hydrogen-bond donors (Lipinski definition) is 2. The molecule has 0 fully saturated rings. The zero-order chi connectivity index (χ0) is 16.5. The molecule has 0 aromatic heterocycles. The van der Waals surface area contributed by atoms with Crippen molar-refractivity contribution >= 4 is 18.3 Å². The molecule has 24 heavy (non-hydrogen) atoms. The molecule has 4 nitrogen and oxygen atoms in total. The summed E-state index contributed by atoms with van der Waals surface area (Å²) in [6.07, 6.45) is 0. The van der Waals surface area contributed by atoms with Crippen LogP contribution < -0.4 is 11.1 Å². The minimum atomic E-state index is 0. The fourth-order valence-corrected chi connectivity index (χ4v) is 2.40. The Bertz CT molecular complexity index is 602. The standard InChI is InChI=1S/C19H25N3O.ClH/c1-16-7-9-17(10-8-16)13-21-19(23)15-22(12-11-20)14-18-5-3-2-4-6-18;/h2-10H,11-15,20H2,1H3,(H,21,23);1H. The smallest absolute Gasteiger partial charge is 0.234 e. The highest BCUT2D eigenvalue weighted by atomic mass is 35.5. The van der Waals surface area contributed by atoms with Gasteiger partial charge in [0.25, 0.3) is 0 Å². The maximum atomic E-state index is 12.2. The summed E-state index contributed by atoms with van der Waals surface area (Å²) in [6, 6.07) is 18.3. The average molecular weight is 348 g/mol. The average Bonchev–Trinajstić information content (AvgIpc) is 2.55. The van der Waals surface area contributed by atoms with Gasteiger partial charge in [-0.15, -0.1) is 12.4 Å². The molecule has 1 amide bonds. The number of nitrogens with one attached hydrogen (secondary N) is 1. The Morgan fingerprint density at radius 1 is 1.04 bits per heavy atom. The maximum Gasteiger partial charge on any atom is 0.234 e. The molecule has 2 aromatic carbocycles.